The molecular formula is C15H20BrN3O. The van der Waals surface area contributed by atoms with Gasteiger partial charge in [0.2, 0.25) is 0 Å². The molecular weight excluding hydrogens is 318 g/mol. The second-order valence-electron chi connectivity index (χ2n) is 5.38. The molecule has 1 aliphatic carbocycles. The third-order valence-electron chi connectivity index (χ3n) is 3.81. The van der Waals surface area contributed by atoms with Gasteiger partial charge >= 0.3 is 0 Å². The minimum atomic E-state index is 0.688. The van der Waals surface area contributed by atoms with Gasteiger partial charge in [-0.2, -0.15) is 5.10 Å². The largest absolute Gasteiger partial charge is 0.468 e. The fourth-order valence-corrected chi connectivity index (χ4v) is 2.98. The van der Waals surface area contributed by atoms with Gasteiger partial charge in [-0.1, -0.05) is 0 Å². The molecule has 0 amide bonds. The Balaban J connectivity index is 1.79. The van der Waals surface area contributed by atoms with Gasteiger partial charge in [-0.15, -0.1) is 0 Å². The third kappa shape index (κ3) is 2.83. The number of hydrogen-bond donors (Lipinski definition) is 0. The van der Waals surface area contributed by atoms with E-state index in [1.807, 2.05) is 19.1 Å². The van der Waals surface area contributed by atoms with Crippen LogP contribution in [0.3, 0.4) is 0 Å². The Kier molecular flexibility index (Phi) is 3.98. The van der Waals surface area contributed by atoms with Crippen LogP contribution >= 0.6 is 15.9 Å². The zero-order valence-corrected chi connectivity index (χ0v) is 13.6. The number of nitrogens with zero attached hydrogens (tertiary/aromatic N) is 3. The van der Waals surface area contributed by atoms with Gasteiger partial charge in [-0.25, -0.2) is 0 Å². The van der Waals surface area contributed by atoms with E-state index in [9.17, 15) is 0 Å². The maximum atomic E-state index is 5.50. The van der Waals surface area contributed by atoms with E-state index in [4.69, 9.17) is 4.42 Å². The first-order chi connectivity index (χ1) is 9.69. The minimum absolute atomic E-state index is 0.688. The van der Waals surface area contributed by atoms with E-state index >= 15 is 0 Å². The molecule has 0 spiro atoms. The molecule has 0 radical (unpaired) electrons. The van der Waals surface area contributed by atoms with Crippen molar-refractivity contribution < 1.29 is 4.42 Å². The van der Waals surface area contributed by atoms with Crippen LogP contribution in [0, 0.1) is 6.92 Å². The Hall–Kier alpha value is -1.07. The molecule has 5 heteroatoms. The monoisotopic (exact) mass is 337 g/mol. The molecule has 0 saturated heterocycles. The number of furan rings is 1. The highest BCUT2D eigenvalue weighted by molar-refractivity contribution is 9.10. The van der Waals surface area contributed by atoms with Crippen LogP contribution in [0.1, 0.15) is 36.9 Å². The summed E-state index contributed by atoms with van der Waals surface area (Å²) >= 11 is 3.68. The highest BCUT2D eigenvalue weighted by Gasteiger charge is 2.31. The average molecular weight is 338 g/mol. The van der Waals surface area contributed by atoms with Crippen LogP contribution in [0.15, 0.2) is 27.3 Å². The first kappa shape index (κ1) is 13.9. The molecule has 0 unspecified atom stereocenters. The normalized spacial score (nSPS) is 15.2. The predicted octanol–water partition coefficient (Wildman–Crippen LogP) is 3.73. The second kappa shape index (κ2) is 5.74. The van der Waals surface area contributed by atoms with E-state index in [-0.39, 0.29) is 0 Å². The van der Waals surface area contributed by atoms with Crippen molar-refractivity contribution in [3.05, 3.63) is 40.0 Å². The smallest absolute Gasteiger partial charge is 0.117 e. The summed E-state index contributed by atoms with van der Waals surface area (Å²) in [6, 6.07) is 4.69. The summed E-state index contributed by atoms with van der Waals surface area (Å²) in [5.41, 5.74) is 2.33. The Morgan fingerprint density at radius 2 is 2.25 bits per heavy atom. The Morgan fingerprint density at radius 3 is 2.85 bits per heavy atom. The van der Waals surface area contributed by atoms with Gasteiger partial charge in [0, 0.05) is 19.1 Å². The highest BCUT2D eigenvalue weighted by Crippen LogP contribution is 2.32. The van der Waals surface area contributed by atoms with Crippen molar-refractivity contribution in [2.24, 2.45) is 0 Å². The molecule has 2 heterocycles. The van der Waals surface area contributed by atoms with Gasteiger partial charge < -0.3 is 4.42 Å². The van der Waals surface area contributed by atoms with Crippen molar-refractivity contribution in [3.8, 4) is 0 Å². The van der Waals surface area contributed by atoms with E-state index in [1.165, 1.54) is 18.5 Å². The van der Waals surface area contributed by atoms with Crippen molar-refractivity contribution >= 4 is 15.9 Å². The minimum Gasteiger partial charge on any atom is -0.468 e. The highest BCUT2D eigenvalue weighted by atomic mass is 79.9. The Morgan fingerprint density at radius 1 is 1.45 bits per heavy atom. The topological polar surface area (TPSA) is 34.2 Å². The molecule has 0 aromatic carbocycles. The zero-order valence-electron chi connectivity index (χ0n) is 12.0. The molecule has 0 aliphatic heterocycles. The van der Waals surface area contributed by atoms with Crippen LogP contribution in [-0.2, 0) is 19.6 Å². The summed E-state index contributed by atoms with van der Waals surface area (Å²) < 4.78 is 8.73. The maximum absolute atomic E-state index is 5.50. The molecule has 1 fully saturated rings. The lowest BCUT2D eigenvalue weighted by Gasteiger charge is -2.21. The van der Waals surface area contributed by atoms with Crippen LogP contribution in [0.25, 0.3) is 0 Å². The summed E-state index contributed by atoms with van der Waals surface area (Å²) in [5, 5.41) is 4.58. The summed E-state index contributed by atoms with van der Waals surface area (Å²) in [5.74, 6) is 1.03. The molecule has 20 heavy (non-hydrogen) atoms. The molecule has 4 nitrogen and oxygen atoms in total. The lowest BCUT2D eigenvalue weighted by molar-refractivity contribution is 0.218. The summed E-state index contributed by atoms with van der Waals surface area (Å²) in [6.07, 6.45) is 4.33. The molecule has 0 bridgehead atoms. The van der Waals surface area contributed by atoms with Gasteiger partial charge in [0.25, 0.3) is 0 Å². The van der Waals surface area contributed by atoms with E-state index < -0.39 is 0 Å². The molecule has 3 rings (SSSR count). The molecule has 2 aromatic heterocycles. The fraction of sp³-hybridized carbons (Fsp3) is 0.533. The SMILES string of the molecule is CCn1nc(C)c(Br)c1CN(Cc1ccco1)C1CC1. The number of hydrogen-bond acceptors (Lipinski definition) is 3. The first-order valence-corrected chi connectivity index (χ1v) is 7.96. The average Bonchev–Trinajstić information content (AvgIpc) is 3.11. The quantitative estimate of drug-likeness (QED) is 0.805. The van der Waals surface area contributed by atoms with Gasteiger partial charge in [-0.05, 0) is 54.8 Å². The lowest BCUT2D eigenvalue weighted by atomic mass is 10.3. The van der Waals surface area contributed by atoms with Crippen LogP contribution in [0.4, 0.5) is 0 Å². The van der Waals surface area contributed by atoms with E-state index in [1.54, 1.807) is 6.26 Å². The van der Waals surface area contributed by atoms with Gasteiger partial charge in [0.15, 0.2) is 0 Å². The zero-order chi connectivity index (χ0) is 14.1. The van der Waals surface area contributed by atoms with Crippen LogP contribution < -0.4 is 0 Å². The van der Waals surface area contributed by atoms with E-state index in [0.717, 1.165) is 35.6 Å². The van der Waals surface area contributed by atoms with Gasteiger partial charge in [0.05, 0.1) is 28.7 Å². The Labute approximate surface area is 127 Å². The maximum Gasteiger partial charge on any atom is 0.117 e. The van der Waals surface area contributed by atoms with Crippen molar-refractivity contribution in [1.29, 1.82) is 0 Å². The van der Waals surface area contributed by atoms with Crippen LogP contribution in [0.2, 0.25) is 0 Å². The molecule has 2 aromatic rings. The molecule has 1 aliphatic rings. The van der Waals surface area contributed by atoms with Crippen molar-refractivity contribution in [1.82, 2.24) is 14.7 Å². The summed E-state index contributed by atoms with van der Waals surface area (Å²) in [4.78, 5) is 2.49. The second-order valence-corrected chi connectivity index (χ2v) is 6.17. The summed E-state index contributed by atoms with van der Waals surface area (Å²) in [6.45, 7) is 6.88. The van der Waals surface area contributed by atoms with Gasteiger partial charge in [-0.3, -0.25) is 9.58 Å². The molecule has 1 saturated carbocycles. The molecule has 108 valence electrons. The van der Waals surface area contributed by atoms with Crippen molar-refractivity contribution in [3.63, 3.8) is 0 Å². The van der Waals surface area contributed by atoms with Crippen molar-refractivity contribution in [2.75, 3.05) is 0 Å². The number of halogens is 1. The third-order valence-corrected chi connectivity index (χ3v) is 4.84. The number of aromatic nitrogens is 2. The van der Waals surface area contributed by atoms with E-state index in [2.05, 4.69) is 37.5 Å². The van der Waals surface area contributed by atoms with Crippen LogP contribution in [0.5, 0.6) is 0 Å². The standard InChI is InChI=1S/C15H20BrN3O/c1-3-19-14(15(16)11(2)17-19)10-18(12-6-7-12)9-13-5-4-8-20-13/h4-5,8,12H,3,6-7,9-10H2,1-2H3. The fourth-order valence-electron chi connectivity index (χ4n) is 2.57. The number of aryl methyl sites for hydroxylation is 2. The lowest BCUT2D eigenvalue weighted by Crippen LogP contribution is -2.26. The Bertz CT molecular complexity index is 572. The van der Waals surface area contributed by atoms with Crippen molar-refractivity contribution in [2.45, 2.75) is 52.4 Å². The molecule has 0 atom stereocenters. The summed E-state index contributed by atoms with van der Waals surface area (Å²) in [7, 11) is 0. The van der Waals surface area contributed by atoms with Crippen LogP contribution in [-0.4, -0.2) is 20.7 Å². The predicted molar refractivity (Wildman–Crippen MR) is 81.3 cm³/mol. The molecule has 0 N–H and O–H groups in total. The van der Waals surface area contributed by atoms with E-state index in [0.29, 0.717) is 6.04 Å². The first-order valence-electron chi connectivity index (χ1n) is 7.17. The van der Waals surface area contributed by atoms with Gasteiger partial charge in [0.1, 0.15) is 5.76 Å². The number of rotatable bonds is 6.